The van der Waals surface area contributed by atoms with E-state index < -0.39 is 33.1 Å². The first-order valence-electron chi connectivity index (χ1n) is 7.06. The summed E-state index contributed by atoms with van der Waals surface area (Å²) >= 11 is 17.6. The second-order valence-corrected chi connectivity index (χ2v) is 8.45. The molecule has 0 atom stereocenters. The first-order chi connectivity index (χ1) is 12.1. The number of carboxylic acid groups (broad SMARTS) is 1. The lowest BCUT2D eigenvalue weighted by molar-refractivity contribution is -0.136. The Labute approximate surface area is 163 Å². The Morgan fingerprint density at radius 1 is 1.04 bits per heavy atom. The molecule has 1 aromatic heterocycles. The maximum atomic E-state index is 13.2. The van der Waals surface area contributed by atoms with Gasteiger partial charge in [-0.15, -0.1) is 0 Å². The van der Waals surface area contributed by atoms with Gasteiger partial charge in [-0.05, 0) is 36.4 Å². The molecule has 3 rings (SSSR count). The number of hydrogen-bond acceptors (Lipinski definition) is 4. The molecule has 10 heteroatoms. The third kappa shape index (κ3) is 3.23. The number of aliphatic carboxylic acids is 1. The normalized spacial score (nSPS) is 11.8. The van der Waals surface area contributed by atoms with E-state index in [-0.39, 0.29) is 21.3 Å². The van der Waals surface area contributed by atoms with E-state index in [2.05, 4.69) is 0 Å². The molecule has 0 spiro atoms. The average Bonchev–Trinajstić information content (AvgIpc) is 2.87. The van der Waals surface area contributed by atoms with Crippen molar-refractivity contribution >= 4 is 61.7 Å². The zero-order valence-electron chi connectivity index (χ0n) is 12.8. The van der Waals surface area contributed by atoms with Crippen LogP contribution in [0.15, 0.2) is 41.3 Å². The number of phenolic OH excluding ortho intramolecular Hbond substituents is 1. The van der Waals surface area contributed by atoms with Crippen LogP contribution in [-0.2, 0) is 21.2 Å². The third-order valence-electron chi connectivity index (χ3n) is 3.64. The summed E-state index contributed by atoms with van der Waals surface area (Å²) in [6, 6.07) is 8.09. The van der Waals surface area contributed by atoms with Crippen LogP contribution in [0.5, 0.6) is 5.75 Å². The van der Waals surface area contributed by atoms with Crippen LogP contribution in [-0.4, -0.2) is 28.6 Å². The van der Waals surface area contributed by atoms with Crippen molar-refractivity contribution < 1.29 is 23.4 Å². The van der Waals surface area contributed by atoms with Gasteiger partial charge in [0.2, 0.25) is 0 Å². The van der Waals surface area contributed by atoms with E-state index in [9.17, 15) is 18.3 Å². The summed E-state index contributed by atoms with van der Waals surface area (Å²) in [5, 5.41) is 19.8. The van der Waals surface area contributed by atoms with E-state index in [1.54, 1.807) is 0 Å². The van der Waals surface area contributed by atoms with Gasteiger partial charge in [-0.3, -0.25) is 4.79 Å². The molecule has 0 bridgehead atoms. The molecule has 1 heterocycles. The second kappa shape index (κ2) is 6.66. The van der Waals surface area contributed by atoms with Crippen LogP contribution in [0, 0.1) is 0 Å². The van der Waals surface area contributed by atoms with Gasteiger partial charge in [0, 0.05) is 21.1 Å². The van der Waals surface area contributed by atoms with Gasteiger partial charge in [0.15, 0.2) is 5.75 Å². The number of halogens is 3. The minimum Gasteiger partial charge on any atom is -0.505 e. The minimum absolute atomic E-state index is 0.00525. The first-order valence-corrected chi connectivity index (χ1v) is 9.64. The topological polar surface area (TPSA) is 96.6 Å². The van der Waals surface area contributed by atoms with E-state index in [1.165, 1.54) is 30.3 Å². The summed E-state index contributed by atoms with van der Waals surface area (Å²) in [7, 11) is -4.40. The van der Waals surface area contributed by atoms with Crippen molar-refractivity contribution in [2.75, 3.05) is 0 Å². The van der Waals surface area contributed by atoms with Gasteiger partial charge in [-0.25, -0.2) is 12.4 Å². The summed E-state index contributed by atoms with van der Waals surface area (Å²) < 4.78 is 27.2. The number of aromatic hydroxyl groups is 1. The van der Waals surface area contributed by atoms with Crippen LogP contribution < -0.4 is 0 Å². The Morgan fingerprint density at radius 2 is 1.73 bits per heavy atom. The predicted octanol–water partition coefficient (Wildman–Crippen LogP) is 4.17. The molecule has 0 aliphatic rings. The number of aromatic nitrogens is 1. The van der Waals surface area contributed by atoms with Gasteiger partial charge in [0.25, 0.3) is 10.0 Å². The van der Waals surface area contributed by atoms with Crippen molar-refractivity contribution in [3.63, 3.8) is 0 Å². The summed E-state index contributed by atoms with van der Waals surface area (Å²) in [6.07, 6.45) is -0.555. The third-order valence-corrected chi connectivity index (χ3v) is 6.16. The predicted molar refractivity (Wildman–Crippen MR) is 99.0 cm³/mol. The van der Waals surface area contributed by atoms with E-state index in [0.29, 0.717) is 10.4 Å². The van der Waals surface area contributed by atoms with E-state index in [4.69, 9.17) is 39.9 Å². The van der Waals surface area contributed by atoms with Crippen LogP contribution in [0.25, 0.3) is 10.9 Å². The van der Waals surface area contributed by atoms with Gasteiger partial charge in [-0.1, -0.05) is 34.8 Å². The molecule has 0 unspecified atom stereocenters. The van der Waals surface area contributed by atoms with E-state index >= 15 is 0 Å². The Kier molecular flexibility index (Phi) is 4.83. The zero-order chi connectivity index (χ0) is 19.2. The molecule has 0 aliphatic carbocycles. The fraction of sp³-hybridized carbons (Fsp3) is 0.0625. The largest absolute Gasteiger partial charge is 0.505 e. The molecule has 136 valence electrons. The van der Waals surface area contributed by atoms with Gasteiger partial charge in [0.05, 0.1) is 17.0 Å². The lowest BCUT2D eigenvalue weighted by Crippen LogP contribution is -2.18. The molecule has 6 nitrogen and oxygen atoms in total. The number of benzene rings is 2. The van der Waals surface area contributed by atoms with Crippen LogP contribution in [0.3, 0.4) is 0 Å². The number of nitrogens with zero attached hydrogens (tertiary/aromatic N) is 1. The lowest BCUT2D eigenvalue weighted by Gasteiger charge is -2.13. The number of carboxylic acids is 1. The molecular weight excluding hydrogens is 425 g/mol. The average molecular weight is 435 g/mol. The highest BCUT2D eigenvalue weighted by Gasteiger charge is 2.28. The Morgan fingerprint density at radius 3 is 2.38 bits per heavy atom. The van der Waals surface area contributed by atoms with E-state index in [0.717, 1.165) is 10.0 Å². The summed E-state index contributed by atoms with van der Waals surface area (Å²) in [5.74, 6) is -1.89. The van der Waals surface area contributed by atoms with Crippen molar-refractivity contribution in [3.05, 3.63) is 57.2 Å². The fourth-order valence-electron chi connectivity index (χ4n) is 2.62. The van der Waals surface area contributed by atoms with Crippen molar-refractivity contribution in [1.82, 2.24) is 3.97 Å². The fourth-order valence-corrected chi connectivity index (χ4v) is 5.09. The van der Waals surface area contributed by atoms with Gasteiger partial charge >= 0.3 is 5.97 Å². The highest BCUT2D eigenvalue weighted by atomic mass is 35.5. The van der Waals surface area contributed by atoms with Gasteiger partial charge < -0.3 is 10.2 Å². The van der Waals surface area contributed by atoms with Crippen molar-refractivity contribution in [2.45, 2.75) is 11.3 Å². The number of fused-ring (bicyclic) bond motifs is 1. The SMILES string of the molecule is O=C(O)Cc1cc2cc(Cl)ccc2n1S(=O)(=O)c1cc(Cl)cc(Cl)c1O. The van der Waals surface area contributed by atoms with Gasteiger partial charge in [-0.2, -0.15) is 0 Å². The number of phenols is 1. The van der Waals surface area contributed by atoms with Crippen LogP contribution in [0.2, 0.25) is 15.1 Å². The Balaban J connectivity index is 2.38. The molecule has 0 radical (unpaired) electrons. The Hall–Kier alpha value is -1.93. The lowest BCUT2D eigenvalue weighted by atomic mass is 10.2. The quantitative estimate of drug-likeness (QED) is 0.642. The summed E-state index contributed by atoms with van der Waals surface area (Å²) in [4.78, 5) is 10.6. The van der Waals surface area contributed by atoms with Gasteiger partial charge in [0.1, 0.15) is 4.90 Å². The van der Waals surface area contributed by atoms with Crippen LogP contribution in [0.1, 0.15) is 5.69 Å². The maximum absolute atomic E-state index is 13.2. The molecule has 2 N–H and O–H groups in total. The van der Waals surface area contributed by atoms with E-state index in [1.807, 2.05) is 0 Å². The number of rotatable bonds is 4. The molecule has 0 fully saturated rings. The van der Waals surface area contributed by atoms with Crippen molar-refractivity contribution in [2.24, 2.45) is 0 Å². The molecule has 0 aliphatic heterocycles. The van der Waals surface area contributed by atoms with Crippen LogP contribution >= 0.6 is 34.8 Å². The monoisotopic (exact) mass is 433 g/mol. The highest BCUT2D eigenvalue weighted by Crippen LogP contribution is 2.37. The van der Waals surface area contributed by atoms with Crippen molar-refractivity contribution in [3.8, 4) is 5.75 Å². The maximum Gasteiger partial charge on any atom is 0.309 e. The Bertz CT molecular complexity index is 1150. The minimum atomic E-state index is -4.40. The standard InChI is InChI=1S/C16H10Cl3NO5S/c17-9-1-2-13-8(3-9)4-11(7-15(21)22)20(13)26(24,25)14-6-10(18)5-12(19)16(14)23/h1-6,23H,7H2,(H,21,22). The smallest absolute Gasteiger partial charge is 0.309 e. The summed E-state index contributed by atoms with van der Waals surface area (Å²) in [5.41, 5.74) is 0.200. The highest BCUT2D eigenvalue weighted by molar-refractivity contribution is 7.90. The molecule has 2 aromatic carbocycles. The second-order valence-electron chi connectivity index (χ2n) is 5.41. The van der Waals surface area contributed by atoms with Crippen LogP contribution in [0.4, 0.5) is 0 Å². The molecule has 3 aromatic rings. The first kappa shape index (κ1) is 18.8. The molecule has 0 saturated heterocycles. The molecular formula is C16H10Cl3NO5S. The molecule has 26 heavy (non-hydrogen) atoms. The number of carbonyl (C=O) groups is 1. The van der Waals surface area contributed by atoms with Crippen molar-refractivity contribution in [1.29, 1.82) is 0 Å². The molecule has 0 saturated carbocycles. The number of hydrogen-bond donors (Lipinski definition) is 2. The zero-order valence-corrected chi connectivity index (χ0v) is 15.9. The molecule has 0 amide bonds. The summed E-state index contributed by atoms with van der Waals surface area (Å²) in [6.45, 7) is 0.